The molecule has 7 heteroatoms. The molecule has 0 amide bonds. The summed E-state index contributed by atoms with van der Waals surface area (Å²) in [5.41, 5.74) is 3.65. The molecule has 29 heavy (non-hydrogen) atoms. The number of carbonyl (C=O) groups excluding carboxylic acids is 1. The van der Waals surface area contributed by atoms with Crippen LogP contribution < -0.4 is 5.56 Å². The van der Waals surface area contributed by atoms with Gasteiger partial charge in [-0.2, -0.15) is 0 Å². The molecule has 0 bridgehead atoms. The van der Waals surface area contributed by atoms with Gasteiger partial charge in [0.05, 0.1) is 5.39 Å². The number of ketones is 1. The largest absolute Gasteiger partial charge is 0.328 e. The van der Waals surface area contributed by atoms with Crippen LogP contribution >= 0.6 is 23.4 Å². The Balaban J connectivity index is 1.62. The first-order chi connectivity index (χ1) is 14.0. The number of nitrogens with one attached hydrogen (secondary N) is 1. The number of aromatic amines is 1. The molecule has 4 rings (SSSR count). The van der Waals surface area contributed by atoms with E-state index < -0.39 is 0 Å². The zero-order valence-corrected chi connectivity index (χ0v) is 17.5. The molecule has 2 heterocycles. The molecule has 146 valence electrons. The highest BCUT2D eigenvalue weighted by Crippen LogP contribution is 2.20. The van der Waals surface area contributed by atoms with E-state index >= 15 is 0 Å². The van der Waals surface area contributed by atoms with Gasteiger partial charge in [-0.1, -0.05) is 47.6 Å². The predicted octanol–water partition coefficient (Wildman–Crippen LogP) is 4.69. The Morgan fingerprint density at radius 2 is 1.72 bits per heavy atom. The molecule has 0 aliphatic rings. The number of aryl methyl sites for hydroxylation is 1. The van der Waals surface area contributed by atoms with Gasteiger partial charge in [-0.15, -0.1) is 0 Å². The smallest absolute Gasteiger partial charge is 0.261 e. The van der Waals surface area contributed by atoms with Crippen LogP contribution in [0.4, 0.5) is 0 Å². The molecule has 0 unspecified atom stereocenters. The second kappa shape index (κ2) is 7.89. The van der Waals surface area contributed by atoms with Crippen molar-refractivity contribution in [1.29, 1.82) is 0 Å². The molecule has 0 fully saturated rings. The fourth-order valence-electron chi connectivity index (χ4n) is 3.31. The van der Waals surface area contributed by atoms with Crippen LogP contribution in [0.2, 0.25) is 5.02 Å². The van der Waals surface area contributed by atoms with Crippen molar-refractivity contribution >= 4 is 40.2 Å². The SMILES string of the molecule is CSc1nc2c(c(C)cn2Cc2ccc(C(=O)c3ccc(Cl)cc3)cc2)c(=O)[nH]1. The summed E-state index contributed by atoms with van der Waals surface area (Å²) in [5.74, 6) is -0.0479. The number of halogens is 1. The van der Waals surface area contributed by atoms with E-state index in [0.717, 1.165) is 11.1 Å². The fraction of sp³-hybridized carbons (Fsp3) is 0.136. The third-order valence-corrected chi connectivity index (χ3v) is 5.60. The van der Waals surface area contributed by atoms with Crippen molar-refractivity contribution < 1.29 is 4.79 Å². The number of hydrogen-bond donors (Lipinski definition) is 1. The molecule has 1 N–H and O–H groups in total. The maximum atomic E-state index is 12.6. The molecule has 0 saturated heterocycles. The number of thioether (sulfide) groups is 1. The lowest BCUT2D eigenvalue weighted by atomic mass is 10.0. The molecule has 5 nitrogen and oxygen atoms in total. The Bertz CT molecular complexity index is 1260. The summed E-state index contributed by atoms with van der Waals surface area (Å²) >= 11 is 7.29. The van der Waals surface area contributed by atoms with Crippen LogP contribution in [-0.2, 0) is 6.54 Å². The van der Waals surface area contributed by atoms with E-state index in [-0.39, 0.29) is 11.3 Å². The van der Waals surface area contributed by atoms with Crippen LogP contribution in [0.25, 0.3) is 11.0 Å². The van der Waals surface area contributed by atoms with E-state index in [1.54, 1.807) is 24.3 Å². The highest BCUT2D eigenvalue weighted by Gasteiger charge is 2.13. The van der Waals surface area contributed by atoms with Crippen molar-refractivity contribution in [3.05, 3.63) is 92.4 Å². The van der Waals surface area contributed by atoms with Gasteiger partial charge in [0.1, 0.15) is 5.65 Å². The van der Waals surface area contributed by atoms with Gasteiger partial charge in [0, 0.05) is 28.9 Å². The lowest BCUT2D eigenvalue weighted by molar-refractivity contribution is 0.103. The number of hydrogen-bond acceptors (Lipinski definition) is 4. The van der Waals surface area contributed by atoms with Gasteiger partial charge >= 0.3 is 0 Å². The predicted molar refractivity (Wildman–Crippen MR) is 117 cm³/mol. The maximum absolute atomic E-state index is 12.6. The molecule has 0 saturated carbocycles. The van der Waals surface area contributed by atoms with Gasteiger partial charge in [-0.05, 0) is 48.6 Å². The minimum Gasteiger partial charge on any atom is -0.328 e. The number of aromatic nitrogens is 3. The van der Waals surface area contributed by atoms with Crippen LogP contribution in [0.15, 0.2) is 64.7 Å². The minimum atomic E-state index is -0.125. The Morgan fingerprint density at radius 1 is 1.10 bits per heavy atom. The highest BCUT2D eigenvalue weighted by molar-refractivity contribution is 7.98. The second-order valence-electron chi connectivity index (χ2n) is 6.75. The molecule has 0 aliphatic heterocycles. The molecular formula is C22H18ClN3O2S. The molecule has 0 radical (unpaired) electrons. The number of carbonyl (C=O) groups is 1. The Kier molecular flexibility index (Phi) is 5.30. The van der Waals surface area contributed by atoms with Crippen molar-refractivity contribution in [3.8, 4) is 0 Å². The van der Waals surface area contributed by atoms with E-state index in [0.29, 0.717) is 38.9 Å². The standard InChI is InChI=1S/C22H18ClN3O2S/c1-13-11-26(20-18(13)21(28)25-22(24-20)29-2)12-14-3-5-15(6-4-14)19(27)16-7-9-17(23)10-8-16/h3-11H,12H2,1-2H3,(H,24,25,28). The number of H-pyrrole nitrogens is 1. The summed E-state index contributed by atoms with van der Waals surface area (Å²) in [6.45, 7) is 2.46. The van der Waals surface area contributed by atoms with Gasteiger partial charge in [-0.25, -0.2) is 4.98 Å². The Hall–Kier alpha value is -2.83. The topological polar surface area (TPSA) is 67.8 Å². The monoisotopic (exact) mass is 423 g/mol. The van der Waals surface area contributed by atoms with Crippen molar-refractivity contribution in [2.75, 3.05) is 6.26 Å². The van der Waals surface area contributed by atoms with Crippen LogP contribution in [0.1, 0.15) is 27.0 Å². The number of nitrogens with zero attached hydrogens (tertiary/aromatic N) is 2. The van der Waals surface area contributed by atoms with Gasteiger partial charge in [0.25, 0.3) is 5.56 Å². The van der Waals surface area contributed by atoms with Crippen molar-refractivity contribution in [3.63, 3.8) is 0 Å². The van der Waals surface area contributed by atoms with E-state index in [1.807, 2.05) is 48.2 Å². The van der Waals surface area contributed by atoms with Gasteiger partial charge in [0.15, 0.2) is 10.9 Å². The first-order valence-corrected chi connectivity index (χ1v) is 10.6. The summed E-state index contributed by atoms with van der Waals surface area (Å²) < 4.78 is 1.97. The van der Waals surface area contributed by atoms with Crippen molar-refractivity contribution in [1.82, 2.24) is 14.5 Å². The average molecular weight is 424 g/mol. The summed E-state index contributed by atoms with van der Waals surface area (Å²) in [4.78, 5) is 32.3. The Labute approximate surface area is 176 Å². The molecule has 4 aromatic rings. The lowest BCUT2D eigenvalue weighted by Crippen LogP contribution is -2.10. The zero-order valence-electron chi connectivity index (χ0n) is 15.9. The van der Waals surface area contributed by atoms with Crippen molar-refractivity contribution in [2.45, 2.75) is 18.6 Å². The zero-order chi connectivity index (χ0) is 20.5. The van der Waals surface area contributed by atoms with Gasteiger partial charge in [0.2, 0.25) is 0 Å². The molecular weight excluding hydrogens is 406 g/mol. The van der Waals surface area contributed by atoms with E-state index in [4.69, 9.17) is 11.6 Å². The third kappa shape index (κ3) is 3.86. The summed E-state index contributed by atoms with van der Waals surface area (Å²) in [6, 6.07) is 14.3. The lowest BCUT2D eigenvalue weighted by Gasteiger charge is -2.07. The summed E-state index contributed by atoms with van der Waals surface area (Å²) in [6.07, 6.45) is 3.81. The van der Waals surface area contributed by atoms with Crippen LogP contribution in [0, 0.1) is 6.92 Å². The normalized spacial score (nSPS) is 11.1. The fourth-order valence-corrected chi connectivity index (χ4v) is 3.81. The molecule has 0 spiro atoms. The molecule has 2 aromatic heterocycles. The number of rotatable bonds is 5. The third-order valence-electron chi connectivity index (χ3n) is 4.76. The first-order valence-electron chi connectivity index (χ1n) is 8.99. The van der Waals surface area contributed by atoms with Crippen LogP contribution in [-0.4, -0.2) is 26.6 Å². The van der Waals surface area contributed by atoms with E-state index in [2.05, 4.69) is 9.97 Å². The molecule has 0 atom stereocenters. The van der Waals surface area contributed by atoms with E-state index in [9.17, 15) is 9.59 Å². The van der Waals surface area contributed by atoms with Gasteiger partial charge in [-0.3, -0.25) is 9.59 Å². The summed E-state index contributed by atoms with van der Waals surface area (Å²) in [5, 5.41) is 1.80. The molecule has 0 aliphatic carbocycles. The average Bonchev–Trinajstić information content (AvgIpc) is 3.04. The molecule has 2 aromatic carbocycles. The highest BCUT2D eigenvalue weighted by atomic mass is 35.5. The number of benzene rings is 2. The maximum Gasteiger partial charge on any atom is 0.261 e. The second-order valence-corrected chi connectivity index (χ2v) is 7.98. The van der Waals surface area contributed by atoms with E-state index in [1.165, 1.54) is 11.8 Å². The van der Waals surface area contributed by atoms with Crippen LogP contribution in [0.5, 0.6) is 0 Å². The summed E-state index contributed by atoms with van der Waals surface area (Å²) in [7, 11) is 0. The van der Waals surface area contributed by atoms with Crippen LogP contribution in [0.3, 0.4) is 0 Å². The number of fused-ring (bicyclic) bond motifs is 1. The van der Waals surface area contributed by atoms with Gasteiger partial charge < -0.3 is 9.55 Å². The van der Waals surface area contributed by atoms with Crippen molar-refractivity contribution in [2.24, 2.45) is 0 Å². The Morgan fingerprint density at radius 3 is 2.34 bits per heavy atom. The quantitative estimate of drug-likeness (QED) is 0.287. The minimum absolute atomic E-state index is 0.0479. The first kappa shape index (κ1) is 19.5.